The maximum atomic E-state index is 10.9. The van der Waals surface area contributed by atoms with E-state index in [1.165, 1.54) is 18.2 Å². The lowest BCUT2D eigenvalue weighted by molar-refractivity contribution is -0.386. The highest BCUT2D eigenvalue weighted by Gasteiger charge is 2.21. The van der Waals surface area contributed by atoms with E-state index in [1.807, 2.05) is 0 Å². The lowest BCUT2D eigenvalue weighted by atomic mass is 10.2. The number of benzene rings is 1. The second-order valence-corrected chi connectivity index (χ2v) is 3.42. The van der Waals surface area contributed by atoms with Gasteiger partial charge in [-0.25, -0.2) is 0 Å². The molecule has 0 aliphatic carbocycles. The highest BCUT2D eigenvalue weighted by Crippen LogP contribution is 2.27. The summed E-state index contributed by atoms with van der Waals surface area (Å²) in [5.74, 6) is 0.0494. The minimum Gasteiger partial charge on any atom is -0.474 e. The fourth-order valence-electron chi connectivity index (χ4n) is 1.15. The normalized spacial score (nSPS) is 11.9. The fraction of sp³-hybridized carbons (Fsp3) is 0.300. The molecule has 0 bridgehead atoms. The number of carbonyl (C=O) groups excluding carboxylic acids is 1. The summed E-state index contributed by atoms with van der Waals surface area (Å²) in [6.07, 6.45) is -0.503. The van der Waals surface area contributed by atoms with Gasteiger partial charge in [0.1, 0.15) is 0 Å². The Morgan fingerprint density at radius 3 is 2.69 bits per heavy atom. The molecule has 16 heavy (non-hydrogen) atoms. The van der Waals surface area contributed by atoms with Crippen LogP contribution in [-0.2, 0) is 4.79 Å². The van der Waals surface area contributed by atoms with Crippen LogP contribution in [0.3, 0.4) is 0 Å². The first-order valence-corrected chi connectivity index (χ1v) is 5.03. The number of hydrogen-bond acceptors (Lipinski definition) is 4. The number of rotatable bonds is 5. The molecule has 0 amide bonds. The Kier molecular flexibility index (Phi) is 4.25. The molecule has 1 atom stereocenters. The number of carbonyl (C=O) groups is 1. The average Bonchev–Trinajstić information content (AvgIpc) is 2.25. The van der Waals surface area contributed by atoms with Gasteiger partial charge in [0.05, 0.1) is 4.92 Å². The van der Waals surface area contributed by atoms with E-state index in [1.54, 1.807) is 13.0 Å². The molecule has 0 saturated heterocycles. The van der Waals surface area contributed by atoms with Crippen molar-refractivity contribution in [3.05, 3.63) is 34.4 Å². The second kappa shape index (κ2) is 5.46. The van der Waals surface area contributed by atoms with Gasteiger partial charge in [0.2, 0.25) is 0 Å². The molecule has 0 unspecified atom stereocenters. The van der Waals surface area contributed by atoms with Crippen LogP contribution in [0.15, 0.2) is 24.3 Å². The zero-order valence-electron chi connectivity index (χ0n) is 8.55. The van der Waals surface area contributed by atoms with Crippen molar-refractivity contribution in [3.63, 3.8) is 0 Å². The van der Waals surface area contributed by atoms with Gasteiger partial charge in [-0.15, -0.1) is 0 Å². The molecule has 0 aliphatic rings. The van der Waals surface area contributed by atoms with Gasteiger partial charge in [0, 0.05) is 6.07 Å². The van der Waals surface area contributed by atoms with Crippen LogP contribution in [0.1, 0.15) is 13.3 Å². The first kappa shape index (κ1) is 12.4. The van der Waals surface area contributed by atoms with Gasteiger partial charge in [-0.1, -0.05) is 19.1 Å². The molecular formula is C10H10ClNO4. The van der Waals surface area contributed by atoms with E-state index in [-0.39, 0.29) is 11.4 Å². The van der Waals surface area contributed by atoms with Crippen molar-refractivity contribution in [2.24, 2.45) is 0 Å². The van der Waals surface area contributed by atoms with Crippen molar-refractivity contribution in [3.8, 4) is 5.75 Å². The van der Waals surface area contributed by atoms with Crippen LogP contribution in [0.5, 0.6) is 5.75 Å². The first-order chi connectivity index (χ1) is 7.56. The molecule has 0 fully saturated rings. The molecule has 0 spiro atoms. The smallest absolute Gasteiger partial charge is 0.310 e. The number of para-hydroxylation sites is 2. The minimum absolute atomic E-state index is 0.0494. The van der Waals surface area contributed by atoms with Crippen LogP contribution >= 0.6 is 11.6 Å². The molecule has 6 heteroatoms. The number of hydrogen-bond donors (Lipinski definition) is 0. The molecule has 0 aliphatic heterocycles. The van der Waals surface area contributed by atoms with Crippen molar-refractivity contribution in [2.45, 2.75) is 19.4 Å². The third-order valence-electron chi connectivity index (χ3n) is 1.96. The van der Waals surface area contributed by atoms with E-state index in [4.69, 9.17) is 16.3 Å². The maximum Gasteiger partial charge on any atom is 0.310 e. The SMILES string of the molecule is CC[C@H](Oc1ccccc1[N+](=O)[O-])C(=O)Cl. The molecule has 0 N–H and O–H groups in total. The lowest BCUT2D eigenvalue weighted by Gasteiger charge is -2.12. The summed E-state index contributed by atoms with van der Waals surface area (Å²) in [6, 6.07) is 5.85. The highest BCUT2D eigenvalue weighted by atomic mass is 35.5. The van der Waals surface area contributed by atoms with E-state index < -0.39 is 16.3 Å². The summed E-state index contributed by atoms with van der Waals surface area (Å²) in [4.78, 5) is 21.0. The van der Waals surface area contributed by atoms with E-state index in [0.717, 1.165) is 0 Å². The molecule has 1 aromatic rings. The largest absolute Gasteiger partial charge is 0.474 e. The van der Waals surface area contributed by atoms with Crippen LogP contribution in [0.25, 0.3) is 0 Å². The predicted octanol–water partition coefficient (Wildman–Crippen LogP) is 2.52. The quantitative estimate of drug-likeness (QED) is 0.453. The van der Waals surface area contributed by atoms with Gasteiger partial charge in [-0.05, 0) is 24.1 Å². The first-order valence-electron chi connectivity index (χ1n) is 4.65. The monoisotopic (exact) mass is 243 g/mol. The van der Waals surface area contributed by atoms with Gasteiger partial charge in [-0.2, -0.15) is 0 Å². The third-order valence-corrected chi connectivity index (χ3v) is 2.20. The zero-order chi connectivity index (χ0) is 12.1. The molecule has 5 nitrogen and oxygen atoms in total. The zero-order valence-corrected chi connectivity index (χ0v) is 9.31. The van der Waals surface area contributed by atoms with E-state index in [0.29, 0.717) is 6.42 Å². The van der Waals surface area contributed by atoms with Crippen molar-refractivity contribution in [1.82, 2.24) is 0 Å². The highest BCUT2D eigenvalue weighted by molar-refractivity contribution is 6.64. The average molecular weight is 244 g/mol. The Bertz CT molecular complexity index is 408. The summed E-state index contributed by atoms with van der Waals surface area (Å²) in [5.41, 5.74) is -0.182. The molecule has 0 radical (unpaired) electrons. The van der Waals surface area contributed by atoms with Gasteiger partial charge in [-0.3, -0.25) is 14.9 Å². The third kappa shape index (κ3) is 2.93. The van der Waals surface area contributed by atoms with E-state index in [2.05, 4.69) is 0 Å². The van der Waals surface area contributed by atoms with Gasteiger partial charge >= 0.3 is 5.69 Å². The summed E-state index contributed by atoms with van der Waals surface area (Å²) in [6.45, 7) is 1.71. The Labute approximate surface area is 97.1 Å². The number of nitrogens with zero attached hydrogens (tertiary/aromatic N) is 1. The maximum absolute atomic E-state index is 10.9. The van der Waals surface area contributed by atoms with E-state index >= 15 is 0 Å². The Hall–Kier alpha value is -1.62. The van der Waals surface area contributed by atoms with Crippen LogP contribution in [0, 0.1) is 10.1 Å². The standard InChI is InChI=1S/C10H10ClNO4/c1-2-8(10(11)13)16-9-6-4-3-5-7(9)12(14)15/h3-6,8H,2H2,1H3/t8-/m0/s1. The summed E-state index contributed by atoms with van der Waals surface area (Å²) in [7, 11) is 0. The van der Waals surface area contributed by atoms with Crippen LogP contribution in [-0.4, -0.2) is 16.3 Å². The Balaban J connectivity index is 2.95. The molecule has 1 rings (SSSR count). The summed E-state index contributed by atoms with van der Waals surface area (Å²) < 4.78 is 5.19. The number of nitro benzene ring substituents is 1. The van der Waals surface area contributed by atoms with Crippen LogP contribution in [0.2, 0.25) is 0 Å². The lowest BCUT2D eigenvalue weighted by Crippen LogP contribution is -2.22. The Morgan fingerprint density at radius 1 is 1.56 bits per heavy atom. The van der Waals surface area contributed by atoms with Gasteiger partial charge in [0.15, 0.2) is 11.9 Å². The number of halogens is 1. The predicted molar refractivity (Wildman–Crippen MR) is 58.7 cm³/mol. The molecular weight excluding hydrogens is 234 g/mol. The van der Waals surface area contributed by atoms with E-state index in [9.17, 15) is 14.9 Å². The minimum atomic E-state index is -0.859. The summed E-state index contributed by atoms with van der Waals surface area (Å²) >= 11 is 5.29. The molecule has 86 valence electrons. The summed E-state index contributed by atoms with van der Waals surface area (Å²) in [5, 5.41) is 10.0. The molecule has 1 aromatic carbocycles. The van der Waals surface area contributed by atoms with Gasteiger partial charge in [0.25, 0.3) is 5.24 Å². The van der Waals surface area contributed by atoms with Crippen molar-refractivity contribution < 1.29 is 14.5 Å². The second-order valence-electron chi connectivity index (χ2n) is 3.04. The van der Waals surface area contributed by atoms with Crippen molar-refractivity contribution in [2.75, 3.05) is 0 Å². The topological polar surface area (TPSA) is 69.4 Å². The van der Waals surface area contributed by atoms with Crippen LogP contribution in [0.4, 0.5) is 5.69 Å². The molecule has 0 aromatic heterocycles. The number of ether oxygens (including phenoxy) is 1. The van der Waals surface area contributed by atoms with Crippen LogP contribution < -0.4 is 4.74 Å². The van der Waals surface area contributed by atoms with Crippen molar-refractivity contribution in [1.29, 1.82) is 0 Å². The molecule has 0 heterocycles. The number of nitro groups is 1. The van der Waals surface area contributed by atoms with Gasteiger partial charge < -0.3 is 4.74 Å². The van der Waals surface area contributed by atoms with Crippen molar-refractivity contribution >= 4 is 22.5 Å². The fourth-order valence-corrected chi connectivity index (χ4v) is 1.35. The Morgan fingerprint density at radius 2 is 2.19 bits per heavy atom. The molecule has 0 saturated carbocycles.